The van der Waals surface area contributed by atoms with Gasteiger partial charge in [0.15, 0.2) is 0 Å². The van der Waals surface area contributed by atoms with E-state index in [0.717, 1.165) is 38.8 Å². The number of hydrogen-bond acceptors (Lipinski definition) is 3. The van der Waals surface area contributed by atoms with Gasteiger partial charge >= 0.3 is 5.97 Å². The Morgan fingerprint density at radius 1 is 1.25 bits per heavy atom. The maximum Gasteiger partial charge on any atom is 0.308 e. The smallest absolute Gasteiger partial charge is 0.308 e. The van der Waals surface area contributed by atoms with E-state index in [1.807, 2.05) is 6.07 Å². The lowest BCUT2D eigenvalue weighted by atomic mass is 9.77. The first kappa shape index (κ1) is 15.0. The van der Waals surface area contributed by atoms with Crippen molar-refractivity contribution in [2.75, 3.05) is 13.7 Å². The van der Waals surface area contributed by atoms with E-state index in [1.54, 1.807) is 0 Å². The minimum atomic E-state index is -0.0160. The van der Waals surface area contributed by atoms with Gasteiger partial charge in [0.2, 0.25) is 0 Å². The van der Waals surface area contributed by atoms with E-state index < -0.39 is 0 Å². The van der Waals surface area contributed by atoms with Crippen molar-refractivity contribution < 1.29 is 9.53 Å². The highest BCUT2D eigenvalue weighted by molar-refractivity contribution is 5.72. The van der Waals surface area contributed by atoms with Crippen molar-refractivity contribution in [2.45, 2.75) is 38.6 Å². The molecule has 0 aromatic heterocycles. The third-order valence-corrected chi connectivity index (χ3v) is 4.28. The Morgan fingerprint density at radius 2 is 2.00 bits per heavy atom. The van der Waals surface area contributed by atoms with Gasteiger partial charge in [-0.15, -0.1) is 0 Å². The fourth-order valence-electron chi connectivity index (χ4n) is 3.13. The number of benzene rings is 1. The van der Waals surface area contributed by atoms with Crippen LogP contribution in [0.1, 0.15) is 37.7 Å². The number of hydrogen-bond donors (Lipinski definition) is 1. The van der Waals surface area contributed by atoms with Crippen molar-refractivity contribution >= 4 is 5.97 Å². The van der Waals surface area contributed by atoms with Crippen LogP contribution in [0.3, 0.4) is 0 Å². The molecular formula is C17H25NO2. The first-order valence-electron chi connectivity index (χ1n) is 7.63. The summed E-state index contributed by atoms with van der Waals surface area (Å²) in [6.45, 7) is 1.86. The van der Waals surface area contributed by atoms with E-state index in [1.165, 1.54) is 19.1 Å². The Balaban J connectivity index is 1.73. The molecule has 1 aliphatic rings. The topological polar surface area (TPSA) is 38.3 Å². The van der Waals surface area contributed by atoms with Crippen LogP contribution in [0.5, 0.6) is 0 Å². The number of ether oxygens (including phenoxy) is 1. The number of carbonyl (C=O) groups is 1. The van der Waals surface area contributed by atoms with Crippen LogP contribution in [-0.2, 0) is 16.1 Å². The van der Waals surface area contributed by atoms with Gasteiger partial charge in [0, 0.05) is 6.54 Å². The molecule has 1 saturated carbocycles. The third kappa shape index (κ3) is 4.34. The third-order valence-electron chi connectivity index (χ3n) is 4.28. The summed E-state index contributed by atoms with van der Waals surface area (Å²) in [5.74, 6) is 0.588. The molecule has 1 aliphatic carbocycles. The van der Waals surface area contributed by atoms with Crippen molar-refractivity contribution in [2.24, 2.45) is 11.8 Å². The van der Waals surface area contributed by atoms with Crippen molar-refractivity contribution in [3.63, 3.8) is 0 Å². The van der Waals surface area contributed by atoms with Crippen molar-refractivity contribution in [3.8, 4) is 0 Å². The van der Waals surface area contributed by atoms with E-state index in [9.17, 15) is 4.79 Å². The van der Waals surface area contributed by atoms with Gasteiger partial charge in [-0.25, -0.2) is 0 Å². The summed E-state index contributed by atoms with van der Waals surface area (Å²) in [6, 6.07) is 10.4. The molecule has 0 heterocycles. The molecule has 0 amide bonds. The molecule has 1 N–H and O–H groups in total. The van der Waals surface area contributed by atoms with Crippen molar-refractivity contribution in [3.05, 3.63) is 35.9 Å². The average Bonchev–Trinajstić information content (AvgIpc) is 2.52. The molecule has 1 fully saturated rings. The van der Waals surface area contributed by atoms with Gasteiger partial charge in [0.1, 0.15) is 0 Å². The molecular weight excluding hydrogens is 250 g/mol. The zero-order valence-corrected chi connectivity index (χ0v) is 12.3. The Labute approximate surface area is 121 Å². The van der Waals surface area contributed by atoms with Crippen molar-refractivity contribution in [1.29, 1.82) is 0 Å². The monoisotopic (exact) mass is 275 g/mol. The first-order chi connectivity index (χ1) is 9.81. The highest BCUT2D eigenvalue weighted by atomic mass is 16.5. The summed E-state index contributed by atoms with van der Waals surface area (Å²) < 4.78 is 4.94. The highest BCUT2D eigenvalue weighted by Gasteiger charge is 2.30. The molecule has 110 valence electrons. The predicted molar refractivity (Wildman–Crippen MR) is 80.2 cm³/mol. The van der Waals surface area contributed by atoms with E-state index in [2.05, 4.69) is 29.6 Å². The molecule has 1 aromatic rings. The quantitative estimate of drug-likeness (QED) is 0.640. The number of methoxy groups -OCH3 is 1. The summed E-state index contributed by atoms with van der Waals surface area (Å²) in [5, 5.41) is 3.47. The molecule has 2 unspecified atom stereocenters. The highest BCUT2D eigenvalue weighted by Crippen LogP contribution is 2.32. The lowest BCUT2D eigenvalue weighted by Crippen LogP contribution is -2.30. The Hall–Kier alpha value is -1.35. The van der Waals surface area contributed by atoms with Gasteiger partial charge < -0.3 is 10.1 Å². The molecule has 0 bridgehead atoms. The van der Waals surface area contributed by atoms with Crippen LogP contribution in [0.15, 0.2) is 30.3 Å². The van der Waals surface area contributed by atoms with Crippen LogP contribution in [0.2, 0.25) is 0 Å². The van der Waals surface area contributed by atoms with Crippen LogP contribution in [0, 0.1) is 11.8 Å². The zero-order chi connectivity index (χ0) is 14.2. The number of nitrogens with one attached hydrogen (secondary N) is 1. The fraction of sp³-hybridized carbons (Fsp3) is 0.588. The maximum absolute atomic E-state index is 11.8. The lowest BCUT2D eigenvalue weighted by molar-refractivity contribution is -0.148. The van der Waals surface area contributed by atoms with Gasteiger partial charge in [-0.1, -0.05) is 43.2 Å². The molecule has 3 nitrogen and oxygen atoms in total. The normalized spacial score (nSPS) is 22.4. The maximum atomic E-state index is 11.8. The summed E-state index contributed by atoms with van der Waals surface area (Å²) in [5.41, 5.74) is 1.31. The zero-order valence-electron chi connectivity index (χ0n) is 12.3. The molecule has 0 aliphatic heterocycles. The minimum Gasteiger partial charge on any atom is -0.469 e. The second-order valence-electron chi connectivity index (χ2n) is 5.63. The van der Waals surface area contributed by atoms with E-state index in [4.69, 9.17) is 4.74 Å². The van der Waals surface area contributed by atoms with Crippen LogP contribution < -0.4 is 5.32 Å². The number of esters is 1. The van der Waals surface area contributed by atoms with E-state index in [-0.39, 0.29) is 11.9 Å². The average molecular weight is 275 g/mol. The molecule has 2 rings (SSSR count). The minimum absolute atomic E-state index is 0.0160. The summed E-state index contributed by atoms with van der Waals surface area (Å²) in [7, 11) is 1.50. The van der Waals surface area contributed by atoms with Crippen LogP contribution in [0.25, 0.3) is 0 Å². The van der Waals surface area contributed by atoms with Gasteiger partial charge in [-0.3, -0.25) is 4.79 Å². The van der Waals surface area contributed by atoms with Crippen molar-refractivity contribution in [1.82, 2.24) is 5.32 Å². The molecule has 0 spiro atoms. The number of rotatable bonds is 6. The van der Waals surface area contributed by atoms with Gasteiger partial charge in [0.25, 0.3) is 0 Å². The molecule has 0 saturated heterocycles. The van der Waals surface area contributed by atoms with Gasteiger partial charge in [-0.2, -0.15) is 0 Å². The lowest BCUT2D eigenvalue weighted by Gasteiger charge is -2.29. The molecule has 3 heteroatoms. The Kier molecular flexibility index (Phi) is 6.06. The molecule has 0 radical (unpaired) electrons. The Bertz CT molecular complexity index is 405. The fourth-order valence-corrected chi connectivity index (χ4v) is 3.13. The summed E-state index contributed by atoms with van der Waals surface area (Å²) in [6.07, 6.45) is 5.62. The molecule has 1 aromatic carbocycles. The van der Waals surface area contributed by atoms with Crippen LogP contribution in [0.4, 0.5) is 0 Å². The van der Waals surface area contributed by atoms with Gasteiger partial charge in [-0.05, 0) is 37.3 Å². The largest absolute Gasteiger partial charge is 0.469 e. The second kappa shape index (κ2) is 8.05. The Morgan fingerprint density at radius 3 is 2.75 bits per heavy atom. The van der Waals surface area contributed by atoms with Gasteiger partial charge in [0.05, 0.1) is 13.0 Å². The van der Waals surface area contributed by atoms with E-state index >= 15 is 0 Å². The molecule has 2 atom stereocenters. The first-order valence-corrected chi connectivity index (χ1v) is 7.63. The second-order valence-corrected chi connectivity index (χ2v) is 5.63. The summed E-state index contributed by atoms with van der Waals surface area (Å²) >= 11 is 0. The summed E-state index contributed by atoms with van der Waals surface area (Å²) in [4.78, 5) is 11.8. The standard InChI is InChI=1S/C17H25NO2/c1-20-17(19)16-10-6-5-9-15(16)11-12-18-13-14-7-3-2-4-8-14/h2-4,7-8,15-16,18H,5-6,9-13H2,1H3. The SMILES string of the molecule is COC(=O)C1CCCCC1CCNCc1ccccc1. The van der Waals surface area contributed by atoms with Crippen LogP contribution in [-0.4, -0.2) is 19.6 Å². The van der Waals surface area contributed by atoms with Crippen LogP contribution >= 0.6 is 0 Å². The molecule has 20 heavy (non-hydrogen) atoms. The number of carbonyl (C=O) groups excluding carboxylic acids is 1. The van der Waals surface area contributed by atoms with E-state index in [0.29, 0.717) is 5.92 Å². The predicted octanol–water partition coefficient (Wildman–Crippen LogP) is 3.15.